The number of allylic oxidation sites excluding steroid dienone is 1. The summed E-state index contributed by atoms with van der Waals surface area (Å²) in [6, 6.07) is 12.6. The molecular formula is C15H15N. The monoisotopic (exact) mass is 209 g/mol. The summed E-state index contributed by atoms with van der Waals surface area (Å²) in [5.41, 5.74) is 3.69. The average molecular weight is 209 g/mol. The molecule has 1 aromatic carbocycles. The van der Waals surface area contributed by atoms with Gasteiger partial charge in [0.25, 0.3) is 0 Å². The second kappa shape index (κ2) is 5.26. The minimum absolute atomic E-state index is 1.08. The number of hydrogen-bond acceptors (Lipinski definition) is 1. The van der Waals surface area contributed by atoms with Crippen molar-refractivity contribution in [2.45, 2.75) is 13.3 Å². The third-order valence-corrected chi connectivity index (χ3v) is 2.47. The molecule has 0 fully saturated rings. The number of rotatable bonds is 3. The van der Waals surface area contributed by atoms with E-state index in [0.717, 1.165) is 6.42 Å². The third kappa shape index (κ3) is 2.57. The van der Waals surface area contributed by atoms with Crippen LogP contribution in [0.4, 0.5) is 0 Å². The lowest BCUT2D eigenvalue weighted by atomic mass is 10.1. The maximum atomic E-state index is 4.02. The number of pyridine rings is 1. The van der Waals surface area contributed by atoms with Crippen LogP contribution in [0.25, 0.3) is 17.2 Å². The first-order chi connectivity index (χ1) is 7.90. The lowest BCUT2D eigenvalue weighted by Crippen LogP contribution is -1.78. The Labute approximate surface area is 96.5 Å². The molecule has 16 heavy (non-hydrogen) atoms. The van der Waals surface area contributed by atoms with Crippen molar-refractivity contribution in [3.63, 3.8) is 0 Å². The predicted octanol–water partition coefficient (Wildman–Crippen LogP) is 4.17. The molecule has 0 atom stereocenters. The van der Waals surface area contributed by atoms with Gasteiger partial charge >= 0.3 is 0 Å². The highest BCUT2D eigenvalue weighted by Crippen LogP contribution is 2.19. The molecule has 0 N–H and O–H groups in total. The summed E-state index contributed by atoms with van der Waals surface area (Å²) in [7, 11) is 0. The normalized spacial score (nSPS) is 10.8. The van der Waals surface area contributed by atoms with Crippen molar-refractivity contribution < 1.29 is 0 Å². The molecule has 2 rings (SSSR count). The molecular weight excluding hydrogens is 194 g/mol. The summed E-state index contributed by atoms with van der Waals surface area (Å²) in [5.74, 6) is 0. The third-order valence-electron chi connectivity index (χ3n) is 2.47. The van der Waals surface area contributed by atoms with Crippen molar-refractivity contribution in [3.05, 3.63) is 60.4 Å². The van der Waals surface area contributed by atoms with Crippen LogP contribution in [0.1, 0.15) is 18.9 Å². The van der Waals surface area contributed by atoms with Crippen LogP contribution >= 0.6 is 0 Å². The van der Waals surface area contributed by atoms with E-state index in [2.05, 4.69) is 48.3 Å². The van der Waals surface area contributed by atoms with Crippen molar-refractivity contribution in [2.24, 2.45) is 0 Å². The largest absolute Gasteiger partial charge is 0.265 e. The summed E-state index contributed by atoms with van der Waals surface area (Å²) >= 11 is 0. The van der Waals surface area contributed by atoms with E-state index in [4.69, 9.17) is 0 Å². The molecule has 1 nitrogen and oxygen atoms in total. The van der Waals surface area contributed by atoms with Gasteiger partial charge in [-0.15, -0.1) is 0 Å². The first-order valence-corrected chi connectivity index (χ1v) is 5.57. The van der Waals surface area contributed by atoms with Crippen molar-refractivity contribution in [2.75, 3.05) is 0 Å². The first-order valence-electron chi connectivity index (χ1n) is 5.57. The zero-order valence-corrected chi connectivity index (χ0v) is 9.43. The predicted molar refractivity (Wildman–Crippen MR) is 69.0 cm³/mol. The van der Waals surface area contributed by atoms with E-state index in [0.29, 0.717) is 0 Å². The molecule has 80 valence electrons. The van der Waals surface area contributed by atoms with Gasteiger partial charge in [0.1, 0.15) is 0 Å². The fourth-order valence-electron chi connectivity index (χ4n) is 1.58. The molecule has 1 aromatic heterocycles. The molecule has 0 spiro atoms. The molecule has 0 bridgehead atoms. The van der Waals surface area contributed by atoms with Gasteiger partial charge < -0.3 is 0 Å². The van der Waals surface area contributed by atoms with E-state index in [-0.39, 0.29) is 0 Å². The van der Waals surface area contributed by atoms with Gasteiger partial charge in [-0.3, -0.25) is 4.98 Å². The smallest absolute Gasteiger partial charge is 0.0273 e. The Hall–Kier alpha value is -1.89. The fourth-order valence-corrected chi connectivity index (χ4v) is 1.58. The summed E-state index contributed by atoms with van der Waals surface area (Å²) in [6.45, 7) is 2.14. The van der Waals surface area contributed by atoms with Gasteiger partial charge in [-0.1, -0.05) is 43.3 Å². The van der Waals surface area contributed by atoms with Gasteiger partial charge in [-0.2, -0.15) is 0 Å². The maximum Gasteiger partial charge on any atom is 0.0273 e. The summed E-state index contributed by atoms with van der Waals surface area (Å²) < 4.78 is 0. The molecule has 1 heterocycles. The summed E-state index contributed by atoms with van der Waals surface area (Å²) in [4.78, 5) is 4.02. The van der Waals surface area contributed by atoms with E-state index in [1.807, 2.05) is 24.5 Å². The summed E-state index contributed by atoms with van der Waals surface area (Å²) in [6.07, 6.45) is 9.03. The SMILES string of the molecule is CCC=Cc1ccc(-c2ccncc2)cc1. The van der Waals surface area contributed by atoms with Crippen LogP contribution in [-0.2, 0) is 0 Å². The topological polar surface area (TPSA) is 12.9 Å². The molecule has 0 radical (unpaired) electrons. The molecule has 0 unspecified atom stereocenters. The standard InChI is InChI=1S/C15H15N/c1-2-3-4-13-5-7-14(8-6-13)15-9-11-16-12-10-15/h3-12H,2H2,1H3. The fraction of sp³-hybridized carbons (Fsp3) is 0.133. The highest BCUT2D eigenvalue weighted by molar-refractivity contribution is 5.65. The van der Waals surface area contributed by atoms with Crippen LogP contribution in [0.3, 0.4) is 0 Å². The van der Waals surface area contributed by atoms with Crippen LogP contribution in [0, 0.1) is 0 Å². The van der Waals surface area contributed by atoms with E-state index in [9.17, 15) is 0 Å². The van der Waals surface area contributed by atoms with Crippen LogP contribution in [-0.4, -0.2) is 4.98 Å². The molecule has 0 aliphatic rings. The van der Waals surface area contributed by atoms with Gasteiger partial charge in [0.15, 0.2) is 0 Å². The zero-order chi connectivity index (χ0) is 11.2. The number of aromatic nitrogens is 1. The van der Waals surface area contributed by atoms with E-state index in [1.165, 1.54) is 16.7 Å². The van der Waals surface area contributed by atoms with Gasteiger partial charge in [-0.25, -0.2) is 0 Å². The summed E-state index contributed by atoms with van der Waals surface area (Å²) in [5, 5.41) is 0. The van der Waals surface area contributed by atoms with Crippen molar-refractivity contribution >= 4 is 6.08 Å². The molecule has 0 amide bonds. The van der Waals surface area contributed by atoms with Gasteiger partial charge in [0.2, 0.25) is 0 Å². The van der Waals surface area contributed by atoms with E-state index < -0.39 is 0 Å². The second-order valence-electron chi connectivity index (χ2n) is 3.67. The van der Waals surface area contributed by atoms with Gasteiger partial charge in [0.05, 0.1) is 0 Å². The zero-order valence-electron chi connectivity index (χ0n) is 9.43. The highest BCUT2D eigenvalue weighted by Gasteiger charge is 1.95. The molecule has 1 heteroatoms. The Morgan fingerprint density at radius 3 is 2.19 bits per heavy atom. The van der Waals surface area contributed by atoms with Gasteiger partial charge in [0, 0.05) is 12.4 Å². The maximum absolute atomic E-state index is 4.02. The number of hydrogen-bond donors (Lipinski definition) is 0. The van der Waals surface area contributed by atoms with Crippen molar-refractivity contribution in [1.29, 1.82) is 0 Å². The number of benzene rings is 1. The van der Waals surface area contributed by atoms with Crippen molar-refractivity contribution in [3.8, 4) is 11.1 Å². The van der Waals surface area contributed by atoms with Gasteiger partial charge in [-0.05, 0) is 35.2 Å². The Morgan fingerprint density at radius 1 is 0.938 bits per heavy atom. The molecule has 0 saturated heterocycles. The first kappa shape index (κ1) is 10.6. The Morgan fingerprint density at radius 2 is 1.56 bits per heavy atom. The molecule has 0 aliphatic heterocycles. The van der Waals surface area contributed by atoms with Crippen LogP contribution in [0.2, 0.25) is 0 Å². The van der Waals surface area contributed by atoms with E-state index in [1.54, 1.807) is 0 Å². The van der Waals surface area contributed by atoms with Crippen LogP contribution < -0.4 is 0 Å². The Bertz CT molecular complexity index is 455. The van der Waals surface area contributed by atoms with E-state index >= 15 is 0 Å². The molecule has 0 saturated carbocycles. The highest BCUT2D eigenvalue weighted by atomic mass is 14.6. The quantitative estimate of drug-likeness (QED) is 0.739. The van der Waals surface area contributed by atoms with Crippen LogP contribution in [0.5, 0.6) is 0 Å². The lowest BCUT2D eigenvalue weighted by molar-refractivity contribution is 1.23. The Balaban J connectivity index is 2.23. The molecule has 0 aliphatic carbocycles. The Kier molecular flexibility index (Phi) is 3.50. The molecule has 2 aromatic rings. The van der Waals surface area contributed by atoms with Crippen LogP contribution in [0.15, 0.2) is 54.9 Å². The average Bonchev–Trinajstić information content (AvgIpc) is 2.38. The minimum atomic E-state index is 1.08. The van der Waals surface area contributed by atoms with Crippen molar-refractivity contribution in [1.82, 2.24) is 4.98 Å². The second-order valence-corrected chi connectivity index (χ2v) is 3.67. The minimum Gasteiger partial charge on any atom is -0.265 e. The number of nitrogens with zero attached hydrogens (tertiary/aromatic N) is 1. The lowest BCUT2D eigenvalue weighted by Gasteiger charge is -2.01.